The molecule has 2 aromatic rings. The molecule has 0 spiro atoms. The van der Waals surface area contributed by atoms with Crippen molar-refractivity contribution in [2.75, 3.05) is 13.2 Å². The first kappa shape index (κ1) is 19.6. The van der Waals surface area contributed by atoms with Crippen LogP contribution in [-0.4, -0.2) is 21.6 Å². The standard InChI is InChI=1S/C19H17F2NO3S/c1-2-7-15-8-3-4-9-18(15)25-13-6-5-12-22-26(23,24)19-14-16(20)10-11-17(19)21/h2-4,8-11,14,22H,1,7,12-13H2. The predicted octanol–water partition coefficient (Wildman–Crippen LogP) is 3.05. The van der Waals surface area contributed by atoms with Crippen molar-refractivity contribution in [1.82, 2.24) is 4.72 Å². The summed E-state index contributed by atoms with van der Waals surface area (Å²) in [5, 5.41) is 0. The van der Waals surface area contributed by atoms with Gasteiger partial charge in [0.15, 0.2) is 0 Å². The maximum Gasteiger partial charge on any atom is 0.244 e. The zero-order valence-electron chi connectivity index (χ0n) is 13.8. The topological polar surface area (TPSA) is 55.4 Å². The lowest BCUT2D eigenvalue weighted by Crippen LogP contribution is -2.25. The summed E-state index contributed by atoms with van der Waals surface area (Å²) in [5.74, 6) is 4.02. The first-order valence-corrected chi connectivity index (χ1v) is 9.14. The molecule has 4 nitrogen and oxygen atoms in total. The molecule has 1 N–H and O–H groups in total. The Morgan fingerprint density at radius 1 is 1.15 bits per heavy atom. The molecule has 0 unspecified atom stereocenters. The van der Waals surface area contributed by atoms with Crippen LogP contribution >= 0.6 is 0 Å². The number of para-hydroxylation sites is 1. The van der Waals surface area contributed by atoms with Crippen molar-refractivity contribution < 1.29 is 21.9 Å². The summed E-state index contributed by atoms with van der Waals surface area (Å²) in [5.41, 5.74) is 0.964. The average molecular weight is 377 g/mol. The van der Waals surface area contributed by atoms with Gasteiger partial charge in [-0.2, -0.15) is 4.72 Å². The normalized spacial score (nSPS) is 10.7. The largest absolute Gasteiger partial charge is 0.481 e. The Labute approximate surface area is 151 Å². The molecule has 2 aromatic carbocycles. The van der Waals surface area contributed by atoms with Crippen LogP contribution in [0.2, 0.25) is 0 Å². The van der Waals surface area contributed by atoms with Gasteiger partial charge in [-0.25, -0.2) is 17.2 Å². The van der Waals surface area contributed by atoms with Crippen LogP contribution in [0.25, 0.3) is 0 Å². The molecule has 0 aliphatic rings. The number of hydrogen-bond donors (Lipinski definition) is 1. The summed E-state index contributed by atoms with van der Waals surface area (Å²) in [6.07, 6.45) is 2.41. The molecule has 0 radical (unpaired) electrons. The number of benzene rings is 2. The van der Waals surface area contributed by atoms with Gasteiger partial charge in [0.25, 0.3) is 0 Å². The van der Waals surface area contributed by atoms with E-state index in [2.05, 4.69) is 23.1 Å². The Bertz CT molecular complexity index is 947. The van der Waals surface area contributed by atoms with Crippen LogP contribution in [0.15, 0.2) is 60.0 Å². The van der Waals surface area contributed by atoms with Crippen LogP contribution < -0.4 is 9.46 Å². The van der Waals surface area contributed by atoms with E-state index in [1.807, 2.05) is 18.2 Å². The van der Waals surface area contributed by atoms with Crippen LogP contribution in [0.4, 0.5) is 8.78 Å². The smallest absolute Gasteiger partial charge is 0.244 e. The third-order valence-corrected chi connectivity index (χ3v) is 4.71. The van der Waals surface area contributed by atoms with Crippen molar-refractivity contribution in [3.8, 4) is 17.6 Å². The maximum absolute atomic E-state index is 13.5. The fourth-order valence-electron chi connectivity index (χ4n) is 2.09. The van der Waals surface area contributed by atoms with E-state index >= 15 is 0 Å². The number of hydrogen-bond acceptors (Lipinski definition) is 3. The van der Waals surface area contributed by atoms with Crippen LogP contribution in [0.5, 0.6) is 5.75 Å². The molecule has 0 atom stereocenters. The number of nitrogens with one attached hydrogen (secondary N) is 1. The van der Waals surface area contributed by atoms with Gasteiger partial charge < -0.3 is 4.74 Å². The predicted molar refractivity (Wildman–Crippen MR) is 95.2 cm³/mol. The van der Waals surface area contributed by atoms with Gasteiger partial charge in [0.05, 0.1) is 6.54 Å². The summed E-state index contributed by atoms with van der Waals surface area (Å²) in [7, 11) is -4.19. The molecule has 0 aliphatic heterocycles. The van der Waals surface area contributed by atoms with E-state index in [4.69, 9.17) is 4.74 Å². The van der Waals surface area contributed by atoms with Gasteiger partial charge in [-0.05, 0) is 36.2 Å². The van der Waals surface area contributed by atoms with Crippen molar-refractivity contribution in [1.29, 1.82) is 0 Å². The minimum absolute atomic E-state index is 0.0597. The minimum atomic E-state index is -4.19. The monoisotopic (exact) mass is 377 g/mol. The third kappa shape index (κ3) is 5.41. The number of rotatable bonds is 7. The summed E-state index contributed by atoms with van der Waals surface area (Å²) in [4.78, 5) is -0.756. The van der Waals surface area contributed by atoms with Crippen molar-refractivity contribution in [3.05, 3.63) is 72.3 Å². The number of allylic oxidation sites excluding steroid dienone is 1. The Morgan fingerprint density at radius 3 is 2.69 bits per heavy atom. The Morgan fingerprint density at radius 2 is 1.92 bits per heavy atom. The van der Waals surface area contributed by atoms with Crippen LogP contribution in [0.3, 0.4) is 0 Å². The van der Waals surface area contributed by atoms with Crippen molar-refractivity contribution in [3.63, 3.8) is 0 Å². The van der Waals surface area contributed by atoms with E-state index in [0.29, 0.717) is 18.2 Å². The lowest BCUT2D eigenvalue weighted by atomic mass is 10.1. The van der Waals surface area contributed by atoms with Crippen molar-refractivity contribution in [2.45, 2.75) is 11.3 Å². The Kier molecular flexibility index (Phi) is 6.89. The van der Waals surface area contributed by atoms with E-state index in [9.17, 15) is 17.2 Å². The summed E-state index contributed by atoms with van der Waals surface area (Å²) in [6, 6.07) is 9.64. The molecule has 0 aromatic heterocycles. The minimum Gasteiger partial charge on any atom is -0.481 e. The highest BCUT2D eigenvalue weighted by Crippen LogP contribution is 2.18. The van der Waals surface area contributed by atoms with Crippen molar-refractivity contribution >= 4 is 10.0 Å². The highest BCUT2D eigenvalue weighted by atomic mass is 32.2. The second kappa shape index (κ2) is 9.13. The van der Waals surface area contributed by atoms with E-state index in [1.165, 1.54) is 0 Å². The summed E-state index contributed by atoms with van der Waals surface area (Å²) in [6.45, 7) is 3.48. The fraction of sp³-hybridized carbons (Fsp3) is 0.158. The first-order valence-electron chi connectivity index (χ1n) is 7.66. The van der Waals surface area contributed by atoms with E-state index in [-0.39, 0.29) is 13.2 Å². The highest BCUT2D eigenvalue weighted by Gasteiger charge is 2.18. The zero-order chi connectivity index (χ0) is 19.0. The molecule has 7 heteroatoms. The lowest BCUT2D eigenvalue weighted by molar-refractivity contribution is 0.366. The SMILES string of the molecule is C=CCc1ccccc1OCC#CCNS(=O)(=O)c1cc(F)ccc1F. The molecule has 0 bridgehead atoms. The zero-order valence-corrected chi connectivity index (χ0v) is 14.7. The number of ether oxygens (including phenoxy) is 1. The van der Waals surface area contributed by atoms with E-state index < -0.39 is 26.6 Å². The third-order valence-electron chi connectivity index (χ3n) is 3.30. The van der Waals surface area contributed by atoms with E-state index in [1.54, 1.807) is 12.1 Å². The van der Waals surface area contributed by atoms with Crippen LogP contribution in [-0.2, 0) is 16.4 Å². The van der Waals surface area contributed by atoms with Gasteiger partial charge in [-0.1, -0.05) is 36.1 Å². The molecular formula is C19H17F2NO3S. The van der Waals surface area contributed by atoms with Crippen molar-refractivity contribution in [2.24, 2.45) is 0 Å². The molecular weight excluding hydrogens is 360 g/mol. The molecule has 0 saturated carbocycles. The molecule has 26 heavy (non-hydrogen) atoms. The molecule has 0 aliphatic carbocycles. The highest BCUT2D eigenvalue weighted by molar-refractivity contribution is 7.89. The second-order valence-corrected chi connectivity index (χ2v) is 6.88. The van der Waals surface area contributed by atoms with Gasteiger partial charge >= 0.3 is 0 Å². The number of halogens is 2. The Balaban J connectivity index is 1.91. The fourth-order valence-corrected chi connectivity index (χ4v) is 3.10. The van der Waals surface area contributed by atoms with E-state index in [0.717, 1.165) is 17.7 Å². The molecule has 136 valence electrons. The van der Waals surface area contributed by atoms with Crippen LogP contribution in [0.1, 0.15) is 5.56 Å². The van der Waals surface area contributed by atoms with Gasteiger partial charge in [-0.15, -0.1) is 6.58 Å². The maximum atomic E-state index is 13.5. The molecule has 0 amide bonds. The molecule has 0 fully saturated rings. The van der Waals surface area contributed by atoms with Gasteiger partial charge in [0, 0.05) is 0 Å². The molecule has 2 rings (SSSR count). The first-order chi connectivity index (χ1) is 12.4. The summed E-state index contributed by atoms with van der Waals surface area (Å²) < 4.78 is 58.2. The second-order valence-electron chi connectivity index (χ2n) is 5.14. The summed E-state index contributed by atoms with van der Waals surface area (Å²) >= 11 is 0. The quantitative estimate of drug-likeness (QED) is 0.596. The number of sulfonamides is 1. The Hall–Kier alpha value is -2.69. The van der Waals surface area contributed by atoms with Gasteiger partial charge in [-0.3, -0.25) is 0 Å². The molecule has 0 saturated heterocycles. The van der Waals surface area contributed by atoms with Crippen LogP contribution in [0, 0.1) is 23.5 Å². The molecule has 0 heterocycles. The van der Waals surface area contributed by atoms with Gasteiger partial charge in [0.1, 0.15) is 28.9 Å². The lowest BCUT2D eigenvalue weighted by Gasteiger charge is -2.07. The average Bonchev–Trinajstić information content (AvgIpc) is 2.61. The van der Waals surface area contributed by atoms with Gasteiger partial charge in [0.2, 0.25) is 10.0 Å².